The van der Waals surface area contributed by atoms with Gasteiger partial charge in [0.2, 0.25) is 4.96 Å². The van der Waals surface area contributed by atoms with E-state index in [1.807, 2.05) is 18.9 Å². The molecule has 0 aromatic carbocycles. The first-order chi connectivity index (χ1) is 9.84. The van der Waals surface area contributed by atoms with E-state index >= 15 is 0 Å². The summed E-state index contributed by atoms with van der Waals surface area (Å²) in [7, 11) is -1.04. The first kappa shape index (κ1) is 14.6. The van der Waals surface area contributed by atoms with E-state index in [9.17, 15) is 13.2 Å². The lowest BCUT2D eigenvalue weighted by atomic mass is 10.2. The maximum atomic E-state index is 12.0. The average molecular weight is 328 g/mol. The molecule has 0 radical (unpaired) electrons. The van der Waals surface area contributed by atoms with E-state index in [0.717, 1.165) is 5.01 Å². The molecule has 7 nitrogen and oxygen atoms in total. The highest BCUT2D eigenvalue weighted by Gasteiger charge is 2.30. The normalized spacial score (nSPS) is 21.4. The predicted molar refractivity (Wildman–Crippen MR) is 80.4 cm³/mol. The Morgan fingerprint density at radius 1 is 1.52 bits per heavy atom. The van der Waals surface area contributed by atoms with Gasteiger partial charge in [-0.15, -0.1) is 0 Å². The Morgan fingerprint density at radius 2 is 2.29 bits per heavy atom. The molecule has 114 valence electrons. The van der Waals surface area contributed by atoms with Gasteiger partial charge in [-0.1, -0.05) is 11.3 Å². The molecule has 2 aromatic rings. The van der Waals surface area contributed by atoms with Crippen molar-refractivity contribution in [1.29, 1.82) is 0 Å². The van der Waals surface area contributed by atoms with Gasteiger partial charge >= 0.3 is 0 Å². The molecule has 2 aromatic heterocycles. The maximum Gasteiger partial charge on any atom is 0.275 e. The molecule has 0 aliphatic carbocycles. The molecule has 9 heteroatoms. The summed E-state index contributed by atoms with van der Waals surface area (Å²) in [6, 6.07) is 1.46. The van der Waals surface area contributed by atoms with Crippen LogP contribution in [0.1, 0.15) is 17.1 Å². The molecule has 0 unspecified atom stereocenters. The van der Waals surface area contributed by atoms with Crippen molar-refractivity contribution in [3.63, 3.8) is 0 Å². The summed E-state index contributed by atoms with van der Waals surface area (Å²) >= 11 is 1.37. The largest absolute Gasteiger partial charge is 0.297 e. The van der Waals surface area contributed by atoms with E-state index in [1.165, 1.54) is 21.9 Å². The molecule has 0 spiro atoms. The van der Waals surface area contributed by atoms with Gasteiger partial charge < -0.3 is 0 Å². The highest BCUT2D eigenvalue weighted by Crippen LogP contribution is 2.18. The zero-order chi connectivity index (χ0) is 15.2. The lowest BCUT2D eigenvalue weighted by molar-refractivity contribution is 0.251. The Bertz CT molecular complexity index is 840. The summed E-state index contributed by atoms with van der Waals surface area (Å²) in [6.07, 6.45) is 0.639. The Hall–Kier alpha value is -1.32. The molecular weight excluding hydrogens is 312 g/mol. The third-order valence-electron chi connectivity index (χ3n) is 3.64. The summed E-state index contributed by atoms with van der Waals surface area (Å²) in [6.45, 7) is 2.29. The van der Waals surface area contributed by atoms with Crippen LogP contribution in [-0.4, -0.2) is 52.5 Å². The number of sulfone groups is 1. The monoisotopic (exact) mass is 328 g/mol. The lowest BCUT2D eigenvalue weighted by Crippen LogP contribution is -2.33. The predicted octanol–water partition coefficient (Wildman–Crippen LogP) is 0.0783. The topological polar surface area (TPSA) is 84.6 Å². The van der Waals surface area contributed by atoms with Gasteiger partial charge in [0.25, 0.3) is 5.56 Å². The number of fused-ring (bicyclic) bond motifs is 1. The molecule has 0 saturated carbocycles. The Balaban J connectivity index is 1.83. The van der Waals surface area contributed by atoms with Gasteiger partial charge in [0, 0.05) is 18.7 Å². The molecule has 3 heterocycles. The minimum atomic E-state index is -2.91. The van der Waals surface area contributed by atoms with Crippen molar-refractivity contribution < 1.29 is 8.42 Å². The minimum Gasteiger partial charge on any atom is -0.297 e. The van der Waals surface area contributed by atoms with Crippen molar-refractivity contribution in [1.82, 2.24) is 19.5 Å². The first-order valence-electron chi connectivity index (χ1n) is 6.61. The second kappa shape index (κ2) is 5.15. The number of rotatable bonds is 3. The van der Waals surface area contributed by atoms with Crippen LogP contribution in [0.3, 0.4) is 0 Å². The summed E-state index contributed by atoms with van der Waals surface area (Å²) in [5, 5.41) is 4.88. The van der Waals surface area contributed by atoms with Crippen molar-refractivity contribution in [3.05, 3.63) is 27.1 Å². The van der Waals surface area contributed by atoms with E-state index in [-0.39, 0.29) is 23.1 Å². The van der Waals surface area contributed by atoms with Crippen molar-refractivity contribution in [2.45, 2.75) is 25.9 Å². The molecule has 1 saturated heterocycles. The zero-order valence-electron chi connectivity index (χ0n) is 11.8. The van der Waals surface area contributed by atoms with Gasteiger partial charge in [-0.05, 0) is 20.4 Å². The van der Waals surface area contributed by atoms with Crippen LogP contribution in [0.15, 0.2) is 10.9 Å². The number of hydrogen-bond acceptors (Lipinski definition) is 7. The van der Waals surface area contributed by atoms with Crippen LogP contribution < -0.4 is 5.56 Å². The van der Waals surface area contributed by atoms with Crippen LogP contribution in [0, 0.1) is 6.92 Å². The van der Waals surface area contributed by atoms with Crippen LogP contribution in [0.2, 0.25) is 0 Å². The quantitative estimate of drug-likeness (QED) is 0.793. The molecule has 1 fully saturated rings. The Morgan fingerprint density at radius 3 is 2.95 bits per heavy atom. The van der Waals surface area contributed by atoms with Crippen molar-refractivity contribution >= 4 is 26.1 Å². The Labute approximate surface area is 126 Å². The number of aromatic nitrogens is 3. The first-order valence-corrected chi connectivity index (χ1v) is 9.25. The molecule has 1 atom stereocenters. The third-order valence-corrected chi connectivity index (χ3v) is 6.22. The molecule has 3 rings (SSSR count). The van der Waals surface area contributed by atoms with E-state index in [1.54, 1.807) is 0 Å². The molecule has 0 N–H and O–H groups in total. The van der Waals surface area contributed by atoms with Crippen LogP contribution in [0.25, 0.3) is 4.96 Å². The average Bonchev–Trinajstić information content (AvgIpc) is 2.91. The van der Waals surface area contributed by atoms with E-state index < -0.39 is 9.84 Å². The fourth-order valence-electron chi connectivity index (χ4n) is 2.54. The van der Waals surface area contributed by atoms with Crippen LogP contribution in [0.5, 0.6) is 0 Å². The Kier molecular flexibility index (Phi) is 3.58. The molecule has 1 aliphatic rings. The van der Waals surface area contributed by atoms with Crippen molar-refractivity contribution in [3.8, 4) is 0 Å². The molecule has 0 amide bonds. The summed E-state index contributed by atoms with van der Waals surface area (Å²) in [4.78, 5) is 18.9. The van der Waals surface area contributed by atoms with Crippen LogP contribution in [-0.2, 0) is 16.4 Å². The van der Waals surface area contributed by atoms with Crippen molar-refractivity contribution in [2.24, 2.45) is 0 Å². The third kappa shape index (κ3) is 2.99. The van der Waals surface area contributed by atoms with Gasteiger partial charge in [-0.3, -0.25) is 9.69 Å². The fourth-order valence-corrected chi connectivity index (χ4v) is 5.11. The van der Waals surface area contributed by atoms with Gasteiger partial charge in [0.05, 0.1) is 17.2 Å². The van der Waals surface area contributed by atoms with Crippen LogP contribution >= 0.6 is 11.3 Å². The highest BCUT2D eigenvalue weighted by molar-refractivity contribution is 7.91. The van der Waals surface area contributed by atoms with E-state index in [4.69, 9.17) is 0 Å². The summed E-state index contributed by atoms with van der Waals surface area (Å²) in [5.41, 5.74) is 0.447. The van der Waals surface area contributed by atoms with Gasteiger partial charge in [-0.25, -0.2) is 13.4 Å². The van der Waals surface area contributed by atoms with Crippen molar-refractivity contribution in [2.75, 3.05) is 18.6 Å². The molecular formula is C12H16N4O3S2. The van der Waals surface area contributed by atoms with Crippen LogP contribution in [0.4, 0.5) is 0 Å². The number of aryl methyl sites for hydroxylation is 1. The number of hydrogen-bond donors (Lipinski definition) is 0. The standard InChI is InChI=1S/C12H16N4O3S2/c1-8-14-16-11(17)5-9(13-12(16)20-8)6-15(2)10-3-4-21(18,19)7-10/h5,10H,3-4,6-7H2,1-2H3/t10-/m0/s1. The smallest absolute Gasteiger partial charge is 0.275 e. The van der Waals surface area contributed by atoms with Gasteiger partial charge in [-0.2, -0.15) is 9.61 Å². The number of nitrogens with zero attached hydrogens (tertiary/aromatic N) is 4. The SMILES string of the molecule is Cc1nn2c(=O)cc(CN(C)[C@H]3CCS(=O)(=O)C3)nc2s1. The molecule has 21 heavy (non-hydrogen) atoms. The fraction of sp³-hybridized carbons (Fsp3) is 0.583. The zero-order valence-corrected chi connectivity index (χ0v) is 13.4. The second-order valence-electron chi connectivity index (χ2n) is 5.37. The minimum absolute atomic E-state index is 0.00144. The molecule has 1 aliphatic heterocycles. The van der Waals surface area contributed by atoms with E-state index in [0.29, 0.717) is 23.6 Å². The van der Waals surface area contributed by atoms with Gasteiger partial charge in [0.1, 0.15) is 5.01 Å². The summed E-state index contributed by atoms with van der Waals surface area (Å²) in [5.74, 6) is 0.426. The van der Waals surface area contributed by atoms with Gasteiger partial charge in [0.15, 0.2) is 9.84 Å². The molecule has 0 bridgehead atoms. The summed E-state index contributed by atoms with van der Waals surface area (Å²) < 4.78 is 24.3. The van der Waals surface area contributed by atoms with E-state index in [2.05, 4.69) is 10.1 Å². The lowest BCUT2D eigenvalue weighted by Gasteiger charge is -2.22. The maximum absolute atomic E-state index is 12.0. The second-order valence-corrected chi connectivity index (χ2v) is 8.76. The highest BCUT2D eigenvalue weighted by atomic mass is 32.2.